The Balaban J connectivity index is 0.956. The Morgan fingerprint density at radius 2 is 0.914 bits per heavy atom. The van der Waals surface area contributed by atoms with Crippen molar-refractivity contribution >= 4 is 82.5 Å². The largest absolute Gasteiger partial charge is 0.355 e. The van der Waals surface area contributed by atoms with Gasteiger partial charge < -0.3 is 18.9 Å². The second kappa shape index (κ2) is 15.6. The van der Waals surface area contributed by atoms with E-state index in [9.17, 15) is 5.26 Å². The minimum Gasteiger partial charge on any atom is -0.355 e. The summed E-state index contributed by atoms with van der Waals surface area (Å²) in [6.07, 6.45) is 2.69. The van der Waals surface area contributed by atoms with Gasteiger partial charge in [-0.1, -0.05) is 133 Å². The quantitative estimate of drug-likeness (QED) is 0.160. The fourth-order valence-electron chi connectivity index (χ4n) is 11.4. The number of aromatic nitrogens is 4. The molecule has 1 aliphatic heterocycles. The van der Waals surface area contributed by atoms with Crippen molar-refractivity contribution in [2.24, 2.45) is 0 Å². The monoisotopic (exact) mass is 897 g/mol. The summed E-state index contributed by atoms with van der Waals surface area (Å²) in [5.74, 6) is 0.690. The number of hydrogen-bond donors (Lipinski definition) is 0. The van der Waals surface area contributed by atoms with Gasteiger partial charge in [-0.25, -0.2) is 4.98 Å². The third kappa shape index (κ3) is 5.97. The van der Waals surface area contributed by atoms with Crippen LogP contribution in [0.5, 0.6) is 0 Å². The minimum atomic E-state index is 0.535. The van der Waals surface area contributed by atoms with Crippen LogP contribution in [0, 0.1) is 11.3 Å². The molecule has 0 N–H and O–H groups in total. The van der Waals surface area contributed by atoms with Crippen molar-refractivity contribution in [2.45, 2.75) is 6.42 Å². The van der Waals surface area contributed by atoms with E-state index in [2.05, 4.69) is 243 Å². The highest BCUT2D eigenvalue weighted by molar-refractivity contribution is 6.13. The zero-order chi connectivity index (χ0) is 46.5. The molecule has 0 aliphatic carbocycles. The number of benzene rings is 9. The van der Waals surface area contributed by atoms with Crippen LogP contribution in [0.15, 0.2) is 219 Å². The van der Waals surface area contributed by atoms with E-state index in [1.807, 2.05) is 12.3 Å². The summed E-state index contributed by atoms with van der Waals surface area (Å²) in [5.41, 5.74) is 16.7. The Morgan fingerprint density at radius 1 is 0.443 bits per heavy atom. The highest BCUT2D eigenvalue weighted by atomic mass is 15.4. The molecule has 13 aromatic rings. The summed E-state index contributed by atoms with van der Waals surface area (Å²) < 4.78 is 6.96. The first kappa shape index (κ1) is 39.8. The van der Waals surface area contributed by atoms with Crippen LogP contribution in [0.3, 0.4) is 0 Å². The first-order chi connectivity index (χ1) is 34.6. The van der Waals surface area contributed by atoms with Gasteiger partial charge in [-0.15, -0.1) is 0 Å². The molecule has 0 fully saturated rings. The van der Waals surface area contributed by atoms with E-state index < -0.39 is 0 Å². The van der Waals surface area contributed by atoms with Crippen LogP contribution in [-0.2, 0) is 6.42 Å². The van der Waals surface area contributed by atoms with Crippen LogP contribution >= 0.6 is 0 Å². The third-order valence-electron chi connectivity index (χ3n) is 14.5. The van der Waals surface area contributed by atoms with Gasteiger partial charge in [-0.2, -0.15) is 5.26 Å². The van der Waals surface area contributed by atoms with E-state index >= 15 is 0 Å². The van der Waals surface area contributed by atoms with Crippen LogP contribution in [0.1, 0.15) is 16.7 Å². The minimum absolute atomic E-state index is 0.535. The number of para-hydroxylation sites is 7. The van der Waals surface area contributed by atoms with Gasteiger partial charge in [-0.05, 0) is 96.4 Å². The van der Waals surface area contributed by atoms with Gasteiger partial charge in [0.2, 0.25) is 0 Å². The number of nitriles is 1. The van der Waals surface area contributed by atoms with Gasteiger partial charge in [0.1, 0.15) is 5.82 Å². The fourth-order valence-corrected chi connectivity index (χ4v) is 11.4. The molecule has 5 heterocycles. The van der Waals surface area contributed by atoms with Crippen LogP contribution < -0.4 is 9.80 Å². The molecule has 330 valence electrons. The van der Waals surface area contributed by atoms with Crippen molar-refractivity contribution in [3.8, 4) is 34.4 Å². The molecule has 7 nitrogen and oxygen atoms in total. The SMILES string of the molecule is CN1CN(c2cccc(Cc3ccc4c5ccccc5n(-c5cc(C#N)c(-c6c(-n7c8ccccc8c8ccccc87)cccc6-n6c7ccccc7c7ccccc76)cn5)c4c3)c2)c2ccccc21. The lowest BCUT2D eigenvalue weighted by molar-refractivity contribution is 0.948. The zero-order valence-electron chi connectivity index (χ0n) is 38.3. The van der Waals surface area contributed by atoms with Crippen molar-refractivity contribution in [2.75, 3.05) is 23.5 Å². The van der Waals surface area contributed by atoms with Gasteiger partial charge in [0.05, 0.1) is 74.2 Å². The highest BCUT2D eigenvalue weighted by Gasteiger charge is 2.26. The van der Waals surface area contributed by atoms with E-state index in [1.165, 1.54) is 49.7 Å². The van der Waals surface area contributed by atoms with Crippen molar-refractivity contribution < 1.29 is 0 Å². The molecule has 0 saturated carbocycles. The van der Waals surface area contributed by atoms with E-state index in [0.29, 0.717) is 11.4 Å². The fraction of sp³-hybridized carbons (Fsp3) is 0.0476. The van der Waals surface area contributed by atoms with Crippen molar-refractivity contribution in [1.29, 1.82) is 5.26 Å². The van der Waals surface area contributed by atoms with Gasteiger partial charge in [0.25, 0.3) is 0 Å². The van der Waals surface area contributed by atoms with Crippen molar-refractivity contribution in [3.63, 3.8) is 0 Å². The molecule has 0 radical (unpaired) electrons. The maximum absolute atomic E-state index is 11.4. The molecule has 0 spiro atoms. The van der Waals surface area contributed by atoms with Crippen molar-refractivity contribution in [1.82, 2.24) is 18.7 Å². The summed E-state index contributed by atoms with van der Waals surface area (Å²) in [7, 11) is 2.15. The van der Waals surface area contributed by atoms with Crippen LogP contribution in [0.25, 0.3) is 93.7 Å². The molecule has 70 heavy (non-hydrogen) atoms. The molecule has 0 unspecified atom stereocenters. The molecular weight excluding hydrogens is 855 g/mol. The third-order valence-corrected chi connectivity index (χ3v) is 14.5. The molecule has 4 aromatic heterocycles. The molecule has 0 saturated heterocycles. The Hall–Kier alpha value is -9.38. The highest BCUT2D eigenvalue weighted by Crippen LogP contribution is 2.44. The van der Waals surface area contributed by atoms with Gasteiger partial charge in [0.15, 0.2) is 0 Å². The number of fused-ring (bicyclic) bond motifs is 10. The number of nitrogens with zero attached hydrogens (tertiary/aromatic N) is 7. The maximum atomic E-state index is 11.4. The van der Waals surface area contributed by atoms with Crippen LogP contribution in [0.4, 0.5) is 17.1 Å². The second-order valence-electron chi connectivity index (χ2n) is 18.4. The molecule has 7 heteroatoms. The summed E-state index contributed by atoms with van der Waals surface area (Å²) >= 11 is 0. The van der Waals surface area contributed by atoms with E-state index in [4.69, 9.17) is 4.98 Å². The Morgan fingerprint density at radius 3 is 1.49 bits per heavy atom. The lowest BCUT2D eigenvalue weighted by Crippen LogP contribution is -2.24. The van der Waals surface area contributed by atoms with Crippen LogP contribution in [-0.4, -0.2) is 32.4 Å². The number of anilines is 3. The Labute approximate surface area is 404 Å². The summed E-state index contributed by atoms with van der Waals surface area (Å²) in [6.45, 7) is 0.804. The smallest absolute Gasteiger partial charge is 0.138 e. The van der Waals surface area contributed by atoms with Crippen LogP contribution in [0.2, 0.25) is 0 Å². The lowest BCUT2D eigenvalue weighted by atomic mass is 9.97. The predicted molar refractivity (Wildman–Crippen MR) is 289 cm³/mol. The molecule has 0 atom stereocenters. The molecule has 1 aliphatic rings. The van der Waals surface area contributed by atoms with E-state index in [1.54, 1.807) is 0 Å². The summed E-state index contributed by atoms with van der Waals surface area (Å²) in [5, 5.41) is 18.4. The van der Waals surface area contributed by atoms with E-state index in [-0.39, 0.29) is 0 Å². The van der Waals surface area contributed by atoms with Crippen molar-refractivity contribution in [3.05, 3.63) is 235 Å². The normalized spacial score (nSPS) is 12.6. The molecule has 9 aromatic carbocycles. The number of pyridine rings is 1. The molecule has 0 amide bonds. The summed E-state index contributed by atoms with van der Waals surface area (Å²) in [4.78, 5) is 10.1. The first-order valence-corrected chi connectivity index (χ1v) is 23.8. The Bertz CT molecular complexity index is 4070. The second-order valence-corrected chi connectivity index (χ2v) is 18.4. The maximum Gasteiger partial charge on any atom is 0.138 e. The average molecular weight is 898 g/mol. The first-order valence-electron chi connectivity index (χ1n) is 23.8. The van der Waals surface area contributed by atoms with Gasteiger partial charge in [-0.3, -0.25) is 4.57 Å². The van der Waals surface area contributed by atoms with Gasteiger partial charge in [0, 0.05) is 62.4 Å². The lowest BCUT2D eigenvalue weighted by Gasteiger charge is -2.21. The zero-order valence-corrected chi connectivity index (χ0v) is 38.3. The number of rotatable bonds is 7. The Kier molecular flexibility index (Phi) is 8.86. The van der Waals surface area contributed by atoms with E-state index in [0.717, 1.165) is 79.5 Å². The molecule has 14 rings (SSSR count). The van der Waals surface area contributed by atoms with Gasteiger partial charge >= 0.3 is 0 Å². The predicted octanol–water partition coefficient (Wildman–Crippen LogP) is 15.0. The standard InChI is InChI=1S/C63H43N7/c1-66-40-67(58-29-13-12-28-57(58)66)44-17-14-16-41(35-44)34-42-32-33-50-49-22-6-11-27-56(49)70(61(50)36-42)62-37-43(38-64)51(39-65-62)63-59(68-52-23-7-2-18-45(52)46-19-3-8-24-53(46)68)30-15-31-60(63)69-54-25-9-4-20-47(54)48-21-5-10-26-55(48)69/h2-33,35-37,39H,34,40H2,1H3. The topological polar surface area (TPSA) is 58.0 Å². The summed E-state index contributed by atoms with van der Waals surface area (Å²) in [6, 6.07) is 78.4. The number of hydrogen-bond acceptors (Lipinski definition) is 4. The molecular formula is C63H43N7. The average Bonchev–Trinajstić information content (AvgIpc) is 4.14. The molecule has 0 bridgehead atoms.